The number of carbonyl (C=O) groups excluding carboxylic acids is 2. The lowest BCUT2D eigenvalue weighted by Gasteiger charge is -2.11. The Morgan fingerprint density at radius 2 is 1.79 bits per heavy atom. The predicted molar refractivity (Wildman–Crippen MR) is 112 cm³/mol. The SMILES string of the molecule is CC(=O)c1cc2c(cc1NC(=O)Cc1sc(C)nc1-c1ccc(C)cc1)OCO2. The number of amides is 1. The molecular formula is C22H20N2O4S. The van der Waals surface area contributed by atoms with Gasteiger partial charge in [0, 0.05) is 22.1 Å². The van der Waals surface area contributed by atoms with Crippen LogP contribution in [-0.4, -0.2) is 23.5 Å². The number of rotatable bonds is 5. The molecule has 0 bridgehead atoms. The van der Waals surface area contributed by atoms with Crippen molar-refractivity contribution in [2.24, 2.45) is 0 Å². The summed E-state index contributed by atoms with van der Waals surface area (Å²) >= 11 is 1.50. The summed E-state index contributed by atoms with van der Waals surface area (Å²) in [5.74, 6) is 0.642. The van der Waals surface area contributed by atoms with Gasteiger partial charge in [0.05, 0.1) is 22.8 Å². The summed E-state index contributed by atoms with van der Waals surface area (Å²) in [6.45, 7) is 5.51. The first-order valence-electron chi connectivity index (χ1n) is 9.18. The molecule has 1 aliphatic heterocycles. The number of thiazole rings is 1. The number of fused-ring (bicyclic) bond motifs is 1. The van der Waals surface area contributed by atoms with Gasteiger partial charge in [-0.25, -0.2) is 4.98 Å². The van der Waals surface area contributed by atoms with E-state index in [9.17, 15) is 9.59 Å². The van der Waals surface area contributed by atoms with Crippen molar-refractivity contribution in [2.75, 3.05) is 12.1 Å². The molecule has 1 amide bonds. The third-order valence-electron chi connectivity index (χ3n) is 4.62. The normalized spacial score (nSPS) is 12.1. The van der Waals surface area contributed by atoms with Gasteiger partial charge in [0.15, 0.2) is 17.3 Å². The van der Waals surface area contributed by atoms with E-state index in [1.54, 1.807) is 12.1 Å². The molecule has 1 aromatic heterocycles. The Labute approximate surface area is 172 Å². The molecule has 0 aliphatic carbocycles. The van der Waals surface area contributed by atoms with E-state index in [0.717, 1.165) is 21.1 Å². The largest absolute Gasteiger partial charge is 0.454 e. The highest BCUT2D eigenvalue weighted by atomic mass is 32.1. The molecule has 148 valence electrons. The molecule has 0 atom stereocenters. The lowest BCUT2D eigenvalue weighted by atomic mass is 10.1. The van der Waals surface area contributed by atoms with E-state index in [1.807, 2.05) is 38.1 Å². The van der Waals surface area contributed by atoms with Crippen LogP contribution in [-0.2, 0) is 11.2 Å². The second kappa shape index (κ2) is 7.67. The van der Waals surface area contributed by atoms with Crippen LogP contribution in [0.3, 0.4) is 0 Å². The van der Waals surface area contributed by atoms with Crippen LogP contribution in [0.5, 0.6) is 11.5 Å². The summed E-state index contributed by atoms with van der Waals surface area (Å²) in [4.78, 5) is 30.3. The number of benzene rings is 2. The van der Waals surface area contributed by atoms with Gasteiger partial charge in [-0.15, -0.1) is 11.3 Å². The number of ketones is 1. The minimum absolute atomic E-state index is 0.101. The number of aromatic nitrogens is 1. The van der Waals surface area contributed by atoms with Crippen molar-refractivity contribution in [3.8, 4) is 22.8 Å². The monoisotopic (exact) mass is 408 g/mol. The van der Waals surface area contributed by atoms with Gasteiger partial charge in [-0.05, 0) is 26.8 Å². The molecule has 29 heavy (non-hydrogen) atoms. The number of nitrogens with one attached hydrogen (secondary N) is 1. The molecule has 0 spiro atoms. The van der Waals surface area contributed by atoms with E-state index in [4.69, 9.17) is 9.47 Å². The zero-order valence-electron chi connectivity index (χ0n) is 16.4. The third kappa shape index (κ3) is 4.00. The van der Waals surface area contributed by atoms with Crippen LogP contribution in [0, 0.1) is 13.8 Å². The number of Topliss-reactive ketones (excluding diaryl/α,β-unsaturated/α-hetero) is 1. The molecule has 1 N–H and O–H groups in total. The number of anilines is 1. The topological polar surface area (TPSA) is 77.5 Å². The summed E-state index contributed by atoms with van der Waals surface area (Å²) in [5.41, 5.74) is 3.78. The van der Waals surface area contributed by atoms with Crippen molar-refractivity contribution in [3.63, 3.8) is 0 Å². The molecule has 3 aromatic rings. The predicted octanol–water partition coefficient (Wildman–Crippen LogP) is 4.54. The Bertz CT molecular complexity index is 1100. The molecule has 2 heterocycles. The first-order valence-corrected chi connectivity index (χ1v) is 10.00. The molecule has 6 nitrogen and oxygen atoms in total. The highest BCUT2D eigenvalue weighted by Gasteiger charge is 2.21. The molecule has 7 heteroatoms. The molecule has 1 aliphatic rings. The molecule has 2 aromatic carbocycles. The van der Waals surface area contributed by atoms with Crippen LogP contribution >= 0.6 is 11.3 Å². The van der Waals surface area contributed by atoms with Gasteiger partial charge in [-0.1, -0.05) is 29.8 Å². The Hall–Kier alpha value is -3.19. The molecular weight excluding hydrogens is 388 g/mol. The van der Waals surface area contributed by atoms with Crippen molar-refractivity contribution < 1.29 is 19.1 Å². The van der Waals surface area contributed by atoms with Gasteiger partial charge in [-0.2, -0.15) is 0 Å². The second-order valence-electron chi connectivity index (χ2n) is 6.90. The zero-order valence-corrected chi connectivity index (χ0v) is 17.2. The van der Waals surface area contributed by atoms with Gasteiger partial charge >= 0.3 is 0 Å². The third-order valence-corrected chi connectivity index (χ3v) is 5.59. The van der Waals surface area contributed by atoms with Gasteiger partial charge in [0.2, 0.25) is 12.7 Å². The van der Waals surface area contributed by atoms with Crippen molar-refractivity contribution in [3.05, 3.63) is 57.4 Å². The average molecular weight is 408 g/mol. The molecule has 0 saturated heterocycles. The van der Waals surface area contributed by atoms with Gasteiger partial charge in [0.1, 0.15) is 0 Å². The van der Waals surface area contributed by atoms with E-state index in [-0.39, 0.29) is 24.9 Å². The number of carbonyl (C=O) groups is 2. The van der Waals surface area contributed by atoms with Crippen molar-refractivity contribution in [1.82, 2.24) is 4.98 Å². The number of hydrogen-bond acceptors (Lipinski definition) is 6. The number of aryl methyl sites for hydroxylation is 2. The fourth-order valence-corrected chi connectivity index (χ4v) is 4.16. The van der Waals surface area contributed by atoms with Crippen LogP contribution in [0.2, 0.25) is 0 Å². The molecule has 0 unspecified atom stereocenters. The van der Waals surface area contributed by atoms with Crippen molar-refractivity contribution >= 4 is 28.7 Å². The maximum absolute atomic E-state index is 12.8. The second-order valence-corrected chi connectivity index (χ2v) is 8.19. The molecule has 0 fully saturated rings. The Kier molecular flexibility index (Phi) is 5.07. The van der Waals surface area contributed by atoms with E-state index >= 15 is 0 Å². The molecule has 4 rings (SSSR count). The average Bonchev–Trinajstić information content (AvgIpc) is 3.27. The van der Waals surface area contributed by atoms with E-state index in [0.29, 0.717) is 22.7 Å². The van der Waals surface area contributed by atoms with E-state index in [1.165, 1.54) is 23.8 Å². The minimum Gasteiger partial charge on any atom is -0.454 e. The summed E-state index contributed by atoms with van der Waals surface area (Å²) in [5, 5.41) is 3.75. The fraction of sp³-hybridized carbons (Fsp3) is 0.227. The lowest BCUT2D eigenvalue weighted by Crippen LogP contribution is -2.16. The maximum Gasteiger partial charge on any atom is 0.231 e. The number of ether oxygens (including phenoxy) is 2. The van der Waals surface area contributed by atoms with Gasteiger partial charge in [0.25, 0.3) is 0 Å². The molecule has 0 saturated carbocycles. The lowest BCUT2D eigenvalue weighted by molar-refractivity contribution is -0.115. The smallest absolute Gasteiger partial charge is 0.231 e. The van der Waals surface area contributed by atoms with Crippen molar-refractivity contribution in [1.29, 1.82) is 0 Å². The van der Waals surface area contributed by atoms with Crippen molar-refractivity contribution in [2.45, 2.75) is 27.2 Å². The van der Waals surface area contributed by atoms with Crippen LogP contribution in [0.25, 0.3) is 11.3 Å². The Balaban J connectivity index is 1.59. The number of hydrogen-bond donors (Lipinski definition) is 1. The van der Waals surface area contributed by atoms with Crippen LogP contribution in [0.15, 0.2) is 36.4 Å². The summed E-state index contributed by atoms with van der Waals surface area (Å²) in [7, 11) is 0. The van der Waals surface area contributed by atoms with E-state index in [2.05, 4.69) is 10.3 Å². The Morgan fingerprint density at radius 1 is 1.10 bits per heavy atom. The number of nitrogens with zero attached hydrogens (tertiary/aromatic N) is 1. The van der Waals surface area contributed by atoms with Crippen LogP contribution in [0.1, 0.15) is 32.7 Å². The maximum atomic E-state index is 12.8. The van der Waals surface area contributed by atoms with Gasteiger partial charge < -0.3 is 14.8 Å². The summed E-state index contributed by atoms with van der Waals surface area (Å²) < 4.78 is 10.7. The van der Waals surface area contributed by atoms with Gasteiger partial charge in [-0.3, -0.25) is 9.59 Å². The standard InChI is InChI=1S/C22H20N2O4S/c1-12-4-6-15(7-5-12)22-20(29-14(3)23-22)10-21(26)24-17-9-19-18(27-11-28-19)8-16(17)13(2)25/h4-9H,10-11H2,1-3H3,(H,24,26). The minimum atomic E-state index is -0.219. The quantitative estimate of drug-likeness (QED) is 0.627. The molecule has 0 radical (unpaired) electrons. The summed E-state index contributed by atoms with van der Waals surface area (Å²) in [6.07, 6.45) is 0.167. The first-order chi connectivity index (χ1) is 13.9. The highest BCUT2D eigenvalue weighted by molar-refractivity contribution is 7.12. The Morgan fingerprint density at radius 3 is 2.48 bits per heavy atom. The first kappa shape index (κ1) is 19.1. The van der Waals surface area contributed by atoms with Crippen LogP contribution < -0.4 is 14.8 Å². The summed E-state index contributed by atoms with van der Waals surface area (Å²) in [6, 6.07) is 11.3. The van der Waals surface area contributed by atoms with Crippen LogP contribution in [0.4, 0.5) is 5.69 Å². The zero-order chi connectivity index (χ0) is 20.5. The highest BCUT2D eigenvalue weighted by Crippen LogP contribution is 2.37. The fourth-order valence-electron chi connectivity index (χ4n) is 3.20. The van der Waals surface area contributed by atoms with E-state index < -0.39 is 0 Å².